The molecule has 9 rings (SSSR count). The number of aryl methyl sites for hydroxylation is 1. The average Bonchev–Trinajstić information content (AvgIpc) is 3.46. The van der Waals surface area contributed by atoms with Crippen LogP contribution in [0.5, 0.6) is 5.75 Å². The summed E-state index contributed by atoms with van der Waals surface area (Å²) >= 11 is 0. The van der Waals surface area contributed by atoms with E-state index in [-0.39, 0.29) is 29.8 Å². The van der Waals surface area contributed by atoms with Crippen molar-refractivity contribution in [2.75, 3.05) is 26.7 Å². The summed E-state index contributed by atoms with van der Waals surface area (Å²) in [7, 11) is 3.70. The topological polar surface area (TPSA) is 98.6 Å². The van der Waals surface area contributed by atoms with E-state index in [4.69, 9.17) is 15.5 Å². The number of amides is 2. The molecule has 9 nitrogen and oxygen atoms in total. The fraction of sp³-hybridized carbons (Fsp3) is 0.410. The van der Waals surface area contributed by atoms with Gasteiger partial charge in [0.1, 0.15) is 11.3 Å². The molecule has 9 heteroatoms. The van der Waals surface area contributed by atoms with E-state index in [9.17, 15) is 9.59 Å². The van der Waals surface area contributed by atoms with Crippen LogP contribution in [0.15, 0.2) is 66.7 Å². The second-order valence-corrected chi connectivity index (χ2v) is 14.5. The molecule has 2 saturated carbocycles. The Bertz CT molecular complexity index is 2070. The number of aromatic nitrogens is 3. The zero-order valence-corrected chi connectivity index (χ0v) is 27.6. The van der Waals surface area contributed by atoms with Crippen LogP contribution in [0.3, 0.4) is 0 Å². The molecule has 2 N–H and O–H groups in total. The van der Waals surface area contributed by atoms with E-state index in [1.54, 1.807) is 7.11 Å². The van der Waals surface area contributed by atoms with Crippen molar-refractivity contribution in [1.82, 2.24) is 23.9 Å². The number of ether oxygens (including phenoxy) is 1. The fourth-order valence-corrected chi connectivity index (χ4v) is 8.64. The molecule has 0 spiro atoms. The van der Waals surface area contributed by atoms with E-state index in [1.807, 2.05) is 59.3 Å². The highest BCUT2D eigenvalue weighted by Crippen LogP contribution is 2.42. The molecule has 2 aliphatic carbocycles. The van der Waals surface area contributed by atoms with Crippen LogP contribution >= 0.6 is 0 Å². The minimum atomic E-state index is 0.00864. The zero-order chi connectivity index (χ0) is 32.7. The first kappa shape index (κ1) is 29.5. The van der Waals surface area contributed by atoms with Gasteiger partial charge in [-0.2, -0.15) is 0 Å². The lowest BCUT2D eigenvalue weighted by Gasteiger charge is -2.40. The van der Waals surface area contributed by atoms with Gasteiger partial charge in [-0.05, 0) is 66.8 Å². The zero-order valence-electron chi connectivity index (χ0n) is 27.6. The minimum Gasteiger partial charge on any atom is -0.494 e. The molecular weight excluding hydrogens is 600 g/mol. The lowest BCUT2D eigenvalue weighted by atomic mass is 9.89. The number of carbonyl (C=O) groups is 2. The fourth-order valence-electron chi connectivity index (χ4n) is 8.64. The lowest BCUT2D eigenvalue weighted by Crippen LogP contribution is -2.49. The molecule has 48 heavy (non-hydrogen) atoms. The molecule has 2 amide bonds. The number of carbonyl (C=O) groups excluding carboxylic acids is 2. The van der Waals surface area contributed by atoms with Gasteiger partial charge in [0.25, 0.3) is 5.91 Å². The van der Waals surface area contributed by atoms with Crippen molar-refractivity contribution >= 4 is 33.8 Å². The Labute approximate surface area is 280 Å². The molecular formula is C39H42N6O3. The van der Waals surface area contributed by atoms with Crippen LogP contribution < -0.4 is 10.5 Å². The minimum absolute atomic E-state index is 0.00864. The number of imidazole rings is 1. The van der Waals surface area contributed by atoms with Crippen molar-refractivity contribution in [3.8, 4) is 17.3 Å². The standard InChI is InChI=1S/C39H42N6O3/c1-42-37-30(16-27(18-33(37)48-2)39(47)45-22-26-13-14-31(45)35(26)40)41-38(42)32-17-25-9-6-10-29(36(25)44(32)19-24-11-12-24)28-20-43(21-28)34(46)15-23-7-4-3-5-8-23/h3-10,16-18,24,26,28,31,35H,11-15,19-22,40H2,1-2H3/t26-,31-,35-/m1/s1. The summed E-state index contributed by atoms with van der Waals surface area (Å²) in [5.41, 5.74) is 13.3. The third kappa shape index (κ3) is 4.73. The summed E-state index contributed by atoms with van der Waals surface area (Å²) in [6.07, 6.45) is 4.98. The Kier molecular flexibility index (Phi) is 6.90. The number of rotatable bonds is 8. The van der Waals surface area contributed by atoms with Crippen molar-refractivity contribution in [1.29, 1.82) is 0 Å². The first-order chi connectivity index (χ1) is 23.4. The molecule has 2 bridgehead atoms. The summed E-state index contributed by atoms with van der Waals surface area (Å²) in [5.74, 6) is 3.02. The summed E-state index contributed by atoms with van der Waals surface area (Å²) in [6, 6.07) is 22.8. The first-order valence-corrected chi connectivity index (χ1v) is 17.4. The van der Waals surface area contributed by atoms with Crippen molar-refractivity contribution < 1.29 is 14.3 Å². The van der Waals surface area contributed by atoms with Crippen molar-refractivity contribution in [3.05, 3.63) is 83.4 Å². The van der Waals surface area contributed by atoms with Crippen molar-refractivity contribution in [2.24, 2.45) is 24.6 Å². The number of hydrogen-bond acceptors (Lipinski definition) is 5. The Morgan fingerprint density at radius 2 is 1.75 bits per heavy atom. The Morgan fingerprint density at radius 3 is 2.46 bits per heavy atom. The smallest absolute Gasteiger partial charge is 0.254 e. The maximum Gasteiger partial charge on any atom is 0.254 e. The van der Waals surface area contributed by atoms with Gasteiger partial charge in [-0.25, -0.2) is 4.98 Å². The number of methoxy groups -OCH3 is 1. The molecule has 0 radical (unpaired) electrons. The summed E-state index contributed by atoms with van der Waals surface area (Å²) in [4.78, 5) is 36.0. The number of fused-ring (bicyclic) bond motifs is 4. The normalized spacial score (nSPS) is 22.2. The van der Waals surface area contributed by atoms with Crippen LogP contribution in [0.1, 0.15) is 53.1 Å². The highest BCUT2D eigenvalue weighted by Gasteiger charge is 2.47. The third-order valence-electron chi connectivity index (χ3n) is 11.5. The average molecular weight is 643 g/mol. The van der Waals surface area contributed by atoms with Gasteiger partial charge in [-0.3, -0.25) is 9.59 Å². The van der Waals surface area contributed by atoms with Crippen LogP contribution in [0, 0.1) is 11.8 Å². The Morgan fingerprint density at radius 1 is 0.938 bits per heavy atom. The SMILES string of the molecule is COc1cc(C(=O)N2C[C@H]3CC[C@@H]2[C@@H]3N)cc2nc(-c3cc4cccc(C5CN(C(=O)Cc6ccccc6)C5)c4n3CC3CC3)n(C)c12. The molecule has 5 aromatic rings. The number of para-hydroxylation sites is 1. The van der Waals surface area contributed by atoms with Gasteiger partial charge in [-0.1, -0.05) is 48.5 Å². The largest absolute Gasteiger partial charge is 0.494 e. The van der Waals surface area contributed by atoms with Crippen LogP contribution in [0.2, 0.25) is 0 Å². The van der Waals surface area contributed by atoms with Gasteiger partial charge in [0.15, 0.2) is 5.82 Å². The van der Waals surface area contributed by atoms with Gasteiger partial charge < -0.3 is 29.4 Å². The predicted molar refractivity (Wildman–Crippen MR) is 186 cm³/mol. The number of benzene rings is 3. The van der Waals surface area contributed by atoms with Crippen LogP contribution in [0.4, 0.5) is 0 Å². The maximum absolute atomic E-state index is 13.8. The molecule has 2 saturated heterocycles. The van der Waals surface area contributed by atoms with Crippen molar-refractivity contribution in [3.63, 3.8) is 0 Å². The van der Waals surface area contributed by atoms with Crippen LogP contribution in [-0.4, -0.2) is 74.6 Å². The number of likely N-dealkylation sites (tertiary alicyclic amines) is 2. The number of piperidine rings is 1. The molecule has 2 aromatic heterocycles. The van der Waals surface area contributed by atoms with Gasteiger partial charge in [0, 0.05) is 62.2 Å². The molecule has 2 aliphatic heterocycles. The molecule has 4 fully saturated rings. The van der Waals surface area contributed by atoms with Gasteiger partial charge in [-0.15, -0.1) is 0 Å². The second-order valence-electron chi connectivity index (χ2n) is 14.5. The molecule has 4 aliphatic rings. The van der Waals surface area contributed by atoms with E-state index in [2.05, 4.69) is 33.4 Å². The second kappa shape index (κ2) is 11.2. The molecule has 0 unspecified atom stereocenters. The predicted octanol–water partition coefficient (Wildman–Crippen LogP) is 5.34. The summed E-state index contributed by atoms with van der Waals surface area (Å²) < 4.78 is 10.5. The van der Waals surface area contributed by atoms with Crippen LogP contribution in [-0.2, 0) is 24.8 Å². The highest BCUT2D eigenvalue weighted by atomic mass is 16.5. The van der Waals surface area contributed by atoms with Gasteiger partial charge >= 0.3 is 0 Å². The number of nitrogens with zero attached hydrogens (tertiary/aromatic N) is 5. The van der Waals surface area contributed by atoms with E-state index in [0.717, 1.165) is 67.1 Å². The lowest BCUT2D eigenvalue weighted by molar-refractivity contribution is -0.134. The number of nitrogens with two attached hydrogens (primary N) is 1. The van der Waals surface area contributed by atoms with E-state index in [1.165, 1.54) is 29.3 Å². The molecule has 3 aromatic carbocycles. The van der Waals surface area contributed by atoms with E-state index >= 15 is 0 Å². The summed E-state index contributed by atoms with van der Waals surface area (Å²) in [5, 5.41) is 1.19. The van der Waals surface area contributed by atoms with E-state index in [0.29, 0.717) is 29.6 Å². The molecule has 3 atom stereocenters. The first-order valence-electron chi connectivity index (χ1n) is 17.4. The quantitative estimate of drug-likeness (QED) is 0.246. The molecule has 4 heterocycles. The highest BCUT2D eigenvalue weighted by molar-refractivity contribution is 6.00. The monoisotopic (exact) mass is 642 g/mol. The molecule has 246 valence electrons. The number of hydrogen-bond donors (Lipinski definition) is 1. The van der Waals surface area contributed by atoms with Crippen molar-refractivity contribution in [2.45, 2.75) is 56.7 Å². The van der Waals surface area contributed by atoms with Gasteiger partial charge in [0.2, 0.25) is 5.91 Å². The third-order valence-corrected chi connectivity index (χ3v) is 11.5. The Balaban J connectivity index is 1.07. The maximum atomic E-state index is 13.8. The van der Waals surface area contributed by atoms with Gasteiger partial charge in [0.05, 0.1) is 30.3 Å². The van der Waals surface area contributed by atoms with Crippen LogP contribution in [0.25, 0.3) is 33.5 Å². The Hall–Kier alpha value is -4.63. The summed E-state index contributed by atoms with van der Waals surface area (Å²) in [6.45, 7) is 3.13. The van der Waals surface area contributed by atoms with E-state index < -0.39 is 0 Å².